The Labute approximate surface area is 215 Å². The SMILES string of the molecule is CCCc1c(OCCCCOc2ccc3ccc(OCC(=O)O)cc3c2C(C)=O)ccc(C(C)=O)c1O. The summed E-state index contributed by atoms with van der Waals surface area (Å²) in [6.45, 7) is 5.17. The van der Waals surface area contributed by atoms with Gasteiger partial charge in [-0.05, 0) is 74.2 Å². The Kier molecular flexibility index (Phi) is 9.49. The van der Waals surface area contributed by atoms with Crippen molar-refractivity contribution < 1.29 is 38.8 Å². The van der Waals surface area contributed by atoms with Crippen molar-refractivity contribution in [2.24, 2.45) is 0 Å². The van der Waals surface area contributed by atoms with Crippen molar-refractivity contribution in [1.29, 1.82) is 0 Å². The number of ether oxygens (including phenoxy) is 3. The van der Waals surface area contributed by atoms with E-state index >= 15 is 0 Å². The summed E-state index contributed by atoms with van der Waals surface area (Å²) >= 11 is 0. The van der Waals surface area contributed by atoms with Gasteiger partial charge in [0.15, 0.2) is 18.2 Å². The number of rotatable bonds is 14. The number of carbonyl (C=O) groups is 3. The number of carbonyl (C=O) groups excluding carboxylic acids is 2. The van der Waals surface area contributed by atoms with Crippen LogP contribution in [0.2, 0.25) is 0 Å². The molecule has 8 heteroatoms. The van der Waals surface area contributed by atoms with Crippen molar-refractivity contribution in [3.63, 3.8) is 0 Å². The summed E-state index contributed by atoms with van der Waals surface area (Å²) in [5, 5.41) is 20.8. The van der Waals surface area contributed by atoms with E-state index in [1.807, 2.05) is 13.0 Å². The second-order valence-corrected chi connectivity index (χ2v) is 8.71. The predicted molar refractivity (Wildman–Crippen MR) is 139 cm³/mol. The molecule has 0 spiro atoms. The van der Waals surface area contributed by atoms with Crippen molar-refractivity contribution in [3.8, 4) is 23.0 Å². The zero-order chi connectivity index (χ0) is 26.9. The highest BCUT2D eigenvalue weighted by Gasteiger charge is 2.17. The van der Waals surface area contributed by atoms with Gasteiger partial charge in [-0.25, -0.2) is 4.79 Å². The monoisotopic (exact) mass is 508 g/mol. The summed E-state index contributed by atoms with van der Waals surface area (Å²) in [4.78, 5) is 35.0. The topological polar surface area (TPSA) is 119 Å². The third-order valence-corrected chi connectivity index (χ3v) is 5.84. The van der Waals surface area contributed by atoms with E-state index in [1.165, 1.54) is 13.8 Å². The number of aromatic hydroxyl groups is 1. The van der Waals surface area contributed by atoms with Crippen LogP contribution >= 0.6 is 0 Å². The van der Waals surface area contributed by atoms with Gasteiger partial charge in [0.1, 0.15) is 23.0 Å². The molecule has 3 aromatic carbocycles. The molecule has 0 fully saturated rings. The van der Waals surface area contributed by atoms with E-state index in [9.17, 15) is 19.5 Å². The Morgan fingerprint density at radius 1 is 0.838 bits per heavy atom. The van der Waals surface area contributed by atoms with Crippen LogP contribution in [0.15, 0.2) is 42.5 Å². The van der Waals surface area contributed by atoms with Gasteiger partial charge < -0.3 is 24.4 Å². The number of phenols is 1. The maximum absolute atomic E-state index is 12.5. The first-order chi connectivity index (χ1) is 17.7. The zero-order valence-corrected chi connectivity index (χ0v) is 21.3. The molecule has 0 aromatic heterocycles. The Hall–Kier alpha value is -4.07. The molecule has 0 radical (unpaired) electrons. The van der Waals surface area contributed by atoms with Gasteiger partial charge in [0, 0.05) is 5.56 Å². The number of hydrogen-bond acceptors (Lipinski definition) is 7. The number of ketones is 2. The van der Waals surface area contributed by atoms with Crippen LogP contribution in [0.25, 0.3) is 10.8 Å². The number of fused-ring (bicyclic) bond motifs is 1. The summed E-state index contributed by atoms with van der Waals surface area (Å²) in [5.41, 5.74) is 1.35. The molecular weight excluding hydrogens is 476 g/mol. The second-order valence-electron chi connectivity index (χ2n) is 8.71. The van der Waals surface area contributed by atoms with E-state index in [-0.39, 0.29) is 17.3 Å². The number of carboxylic acid groups (broad SMARTS) is 1. The number of phenolic OH excluding ortho intramolecular Hbond substituents is 1. The van der Waals surface area contributed by atoms with Gasteiger partial charge in [-0.2, -0.15) is 0 Å². The van der Waals surface area contributed by atoms with Gasteiger partial charge in [-0.3, -0.25) is 9.59 Å². The van der Waals surface area contributed by atoms with Crippen LogP contribution in [0.3, 0.4) is 0 Å². The van der Waals surface area contributed by atoms with Gasteiger partial charge in [0.25, 0.3) is 0 Å². The molecule has 8 nitrogen and oxygen atoms in total. The van der Waals surface area contributed by atoms with Crippen molar-refractivity contribution in [2.75, 3.05) is 19.8 Å². The van der Waals surface area contributed by atoms with Crippen molar-refractivity contribution in [3.05, 3.63) is 59.2 Å². The van der Waals surface area contributed by atoms with Crippen LogP contribution in [0.4, 0.5) is 0 Å². The summed E-state index contributed by atoms with van der Waals surface area (Å²) in [6.07, 6.45) is 2.75. The number of unbranched alkanes of at least 4 members (excludes halogenated alkanes) is 1. The van der Waals surface area contributed by atoms with Crippen LogP contribution in [0.1, 0.15) is 66.3 Å². The van der Waals surface area contributed by atoms with Gasteiger partial charge >= 0.3 is 5.97 Å². The van der Waals surface area contributed by atoms with E-state index in [2.05, 4.69) is 0 Å². The van der Waals surface area contributed by atoms with Gasteiger partial charge in [-0.1, -0.05) is 25.5 Å². The van der Waals surface area contributed by atoms with Crippen molar-refractivity contribution in [1.82, 2.24) is 0 Å². The number of carboxylic acids is 1. The number of Topliss-reactive ketones (excluding diaryl/α,β-unsaturated/α-hetero) is 2. The molecule has 3 aromatic rings. The minimum Gasteiger partial charge on any atom is -0.507 e. The molecule has 2 N–H and O–H groups in total. The Morgan fingerprint density at radius 3 is 2.11 bits per heavy atom. The standard InChI is InChI=1S/C29H32O8/c1-4-7-23-25(13-11-22(18(2)30)29(23)34)35-14-5-6-15-36-26-12-9-20-8-10-21(37-17-27(32)33)16-24(20)28(26)19(3)31/h8-13,16,34H,4-7,14-15,17H2,1-3H3,(H,32,33). The average molecular weight is 509 g/mol. The third kappa shape index (κ3) is 7.00. The highest BCUT2D eigenvalue weighted by molar-refractivity contribution is 6.09. The molecule has 0 saturated heterocycles. The first-order valence-electron chi connectivity index (χ1n) is 12.3. The van der Waals surface area contributed by atoms with Crippen LogP contribution in [-0.2, 0) is 11.2 Å². The quantitative estimate of drug-likeness (QED) is 0.213. The maximum atomic E-state index is 12.5. The minimum atomic E-state index is -1.08. The molecule has 37 heavy (non-hydrogen) atoms. The third-order valence-electron chi connectivity index (χ3n) is 5.84. The molecule has 0 unspecified atom stereocenters. The zero-order valence-electron chi connectivity index (χ0n) is 21.3. The number of aliphatic carboxylic acids is 1. The van der Waals surface area contributed by atoms with Gasteiger partial charge in [-0.15, -0.1) is 0 Å². The Morgan fingerprint density at radius 2 is 1.49 bits per heavy atom. The summed E-state index contributed by atoms with van der Waals surface area (Å²) < 4.78 is 17.1. The molecule has 0 amide bonds. The summed E-state index contributed by atoms with van der Waals surface area (Å²) in [7, 11) is 0. The molecular formula is C29H32O8. The summed E-state index contributed by atoms with van der Waals surface area (Å²) in [6, 6.07) is 12.0. The van der Waals surface area contributed by atoms with E-state index in [0.29, 0.717) is 71.8 Å². The van der Waals surface area contributed by atoms with Crippen molar-refractivity contribution >= 4 is 28.3 Å². The molecule has 196 valence electrons. The maximum Gasteiger partial charge on any atom is 0.341 e. The van der Waals surface area contributed by atoms with E-state index in [0.717, 1.165) is 11.8 Å². The first kappa shape index (κ1) is 27.5. The Balaban J connectivity index is 1.62. The smallest absolute Gasteiger partial charge is 0.341 e. The fraction of sp³-hybridized carbons (Fsp3) is 0.345. The predicted octanol–water partition coefficient (Wildman–Crippen LogP) is 5.60. The van der Waals surface area contributed by atoms with Crippen LogP contribution in [0, 0.1) is 0 Å². The van der Waals surface area contributed by atoms with E-state index in [4.69, 9.17) is 19.3 Å². The van der Waals surface area contributed by atoms with Crippen LogP contribution < -0.4 is 14.2 Å². The fourth-order valence-electron chi connectivity index (χ4n) is 4.09. The lowest BCUT2D eigenvalue weighted by Gasteiger charge is -2.15. The van der Waals surface area contributed by atoms with Crippen LogP contribution in [0.5, 0.6) is 23.0 Å². The lowest BCUT2D eigenvalue weighted by molar-refractivity contribution is -0.139. The minimum absolute atomic E-state index is 0.0141. The molecule has 0 saturated carbocycles. The van der Waals surface area contributed by atoms with Crippen molar-refractivity contribution in [2.45, 2.75) is 46.5 Å². The number of benzene rings is 3. The molecule has 0 aliphatic heterocycles. The first-order valence-corrected chi connectivity index (χ1v) is 12.3. The molecule has 3 rings (SSSR count). The normalized spacial score (nSPS) is 10.8. The van der Waals surface area contributed by atoms with Gasteiger partial charge in [0.05, 0.1) is 24.3 Å². The lowest BCUT2D eigenvalue weighted by atomic mass is 10.0. The highest BCUT2D eigenvalue weighted by atomic mass is 16.5. The molecule has 0 heterocycles. The molecule has 0 aliphatic rings. The Bertz CT molecular complexity index is 1290. The molecule has 0 atom stereocenters. The molecule has 0 aliphatic carbocycles. The fourth-order valence-corrected chi connectivity index (χ4v) is 4.09. The molecule has 0 bridgehead atoms. The highest BCUT2D eigenvalue weighted by Crippen LogP contribution is 2.34. The van der Waals surface area contributed by atoms with Gasteiger partial charge in [0.2, 0.25) is 0 Å². The van der Waals surface area contributed by atoms with E-state index in [1.54, 1.807) is 36.4 Å². The lowest BCUT2D eigenvalue weighted by Crippen LogP contribution is -2.09. The van der Waals surface area contributed by atoms with E-state index < -0.39 is 12.6 Å². The second kappa shape index (κ2) is 12.8. The number of hydrogen-bond donors (Lipinski definition) is 2. The van der Waals surface area contributed by atoms with Crippen LogP contribution in [-0.4, -0.2) is 47.6 Å². The average Bonchev–Trinajstić information content (AvgIpc) is 2.85. The summed E-state index contributed by atoms with van der Waals surface area (Å²) in [5.74, 6) is -0.0840. The largest absolute Gasteiger partial charge is 0.507 e.